The Balaban J connectivity index is 0.00000121. The highest BCUT2D eigenvalue weighted by Gasteiger charge is 2.37. The SMILES string of the molecule is CCc1ccc2oc(=O)cc(CN3CCCC4(CCNC4)C3)c2c1.Cl.Cl. The van der Waals surface area contributed by atoms with Gasteiger partial charge in [-0.1, -0.05) is 13.0 Å². The minimum Gasteiger partial charge on any atom is -0.423 e. The lowest BCUT2D eigenvalue weighted by Crippen LogP contribution is -2.44. The van der Waals surface area contributed by atoms with Crippen LogP contribution in [-0.4, -0.2) is 31.1 Å². The van der Waals surface area contributed by atoms with Crippen molar-refractivity contribution in [1.82, 2.24) is 10.2 Å². The summed E-state index contributed by atoms with van der Waals surface area (Å²) in [6, 6.07) is 7.87. The molecule has 0 saturated carbocycles. The molecule has 0 aliphatic carbocycles. The molecule has 0 radical (unpaired) electrons. The molecule has 1 unspecified atom stereocenters. The molecule has 1 aromatic heterocycles. The largest absolute Gasteiger partial charge is 0.423 e. The standard InChI is InChI=1S/C20H26N2O2.2ClH/c1-2-15-4-5-18-17(10-15)16(11-19(23)24-18)12-22-9-3-6-20(14-22)7-8-21-13-20;;/h4-5,10-11,21H,2-3,6-9,12-14H2,1H3;2*1H. The normalized spacial score (nSPS) is 23.0. The Morgan fingerprint density at radius 1 is 1.23 bits per heavy atom. The van der Waals surface area contributed by atoms with Gasteiger partial charge in [0.25, 0.3) is 0 Å². The van der Waals surface area contributed by atoms with Crippen LogP contribution in [0, 0.1) is 5.41 Å². The molecule has 26 heavy (non-hydrogen) atoms. The molecule has 2 aromatic rings. The number of benzene rings is 1. The van der Waals surface area contributed by atoms with E-state index in [1.807, 2.05) is 6.07 Å². The van der Waals surface area contributed by atoms with Crippen molar-refractivity contribution in [2.24, 2.45) is 5.41 Å². The number of halogens is 2. The van der Waals surface area contributed by atoms with Gasteiger partial charge < -0.3 is 9.73 Å². The first-order valence-electron chi connectivity index (χ1n) is 9.16. The number of aryl methyl sites for hydroxylation is 1. The lowest BCUT2D eigenvalue weighted by Gasteiger charge is -2.40. The zero-order chi connectivity index (χ0) is 16.6. The smallest absolute Gasteiger partial charge is 0.336 e. The van der Waals surface area contributed by atoms with Crippen molar-refractivity contribution in [3.63, 3.8) is 0 Å². The quantitative estimate of drug-likeness (QED) is 0.799. The number of hydrogen-bond donors (Lipinski definition) is 1. The summed E-state index contributed by atoms with van der Waals surface area (Å²) < 4.78 is 5.40. The van der Waals surface area contributed by atoms with Gasteiger partial charge in [0.15, 0.2) is 0 Å². The van der Waals surface area contributed by atoms with Gasteiger partial charge in [0, 0.05) is 31.1 Å². The van der Waals surface area contributed by atoms with Crippen molar-refractivity contribution in [2.75, 3.05) is 26.2 Å². The molecule has 2 fully saturated rings. The Morgan fingerprint density at radius 3 is 2.81 bits per heavy atom. The van der Waals surface area contributed by atoms with E-state index in [0.717, 1.165) is 50.1 Å². The number of nitrogens with zero attached hydrogens (tertiary/aromatic N) is 1. The highest BCUT2D eigenvalue weighted by Crippen LogP contribution is 2.36. The first kappa shape index (κ1) is 21.2. The third-order valence-electron chi connectivity index (χ3n) is 5.77. The molecule has 1 atom stereocenters. The van der Waals surface area contributed by atoms with Crippen LogP contribution in [0.5, 0.6) is 0 Å². The summed E-state index contributed by atoms with van der Waals surface area (Å²) >= 11 is 0. The molecular weight excluding hydrogens is 371 g/mol. The zero-order valence-electron chi connectivity index (χ0n) is 15.3. The Labute approximate surface area is 167 Å². The van der Waals surface area contributed by atoms with Crippen LogP contribution in [0.1, 0.15) is 37.3 Å². The summed E-state index contributed by atoms with van der Waals surface area (Å²) in [4.78, 5) is 14.5. The van der Waals surface area contributed by atoms with Gasteiger partial charge in [-0.3, -0.25) is 4.90 Å². The molecule has 2 aliphatic heterocycles. The first-order valence-corrected chi connectivity index (χ1v) is 9.16. The lowest BCUT2D eigenvalue weighted by atomic mass is 9.79. The van der Waals surface area contributed by atoms with Gasteiger partial charge in [-0.05, 0) is 67.4 Å². The fourth-order valence-electron chi connectivity index (χ4n) is 4.46. The highest BCUT2D eigenvalue weighted by atomic mass is 35.5. The molecule has 1 aromatic carbocycles. The van der Waals surface area contributed by atoms with Crippen LogP contribution in [0.25, 0.3) is 11.0 Å². The van der Waals surface area contributed by atoms with Gasteiger partial charge >= 0.3 is 5.63 Å². The van der Waals surface area contributed by atoms with E-state index in [4.69, 9.17) is 4.42 Å². The predicted octanol–water partition coefficient (Wildman–Crippen LogP) is 3.77. The maximum atomic E-state index is 12.0. The van der Waals surface area contributed by atoms with Crippen molar-refractivity contribution in [2.45, 2.75) is 39.2 Å². The van der Waals surface area contributed by atoms with Crippen molar-refractivity contribution in [1.29, 1.82) is 0 Å². The molecule has 2 aliphatic rings. The number of hydrogen-bond acceptors (Lipinski definition) is 4. The molecule has 3 heterocycles. The average Bonchev–Trinajstić information content (AvgIpc) is 3.02. The maximum Gasteiger partial charge on any atom is 0.336 e. The van der Waals surface area contributed by atoms with Crippen LogP contribution in [0.4, 0.5) is 0 Å². The Hall–Kier alpha value is -1.07. The summed E-state index contributed by atoms with van der Waals surface area (Å²) in [5, 5.41) is 4.62. The fourth-order valence-corrected chi connectivity index (χ4v) is 4.46. The molecular formula is C20H28Cl2N2O2. The van der Waals surface area contributed by atoms with Crippen molar-refractivity contribution in [3.05, 3.63) is 45.8 Å². The van der Waals surface area contributed by atoms with E-state index in [1.165, 1.54) is 24.8 Å². The van der Waals surface area contributed by atoms with Crippen molar-refractivity contribution < 1.29 is 4.42 Å². The van der Waals surface area contributed by atoms with E-state index in [2.05, 4.69) is 29.3 Å². The molecule has 1 spiro atoms. The zero-order valence-corrected chi connectivity index (χ0v) is 16.9. The predicted molar refractivity (Wildman–Crippen MR) is 111 cm³/mol. The monoisotopic (exact) mass is 398 g/mol. The second-order valence-electron chi connectivity index (χ2n) is 7.52. The fraction of sp³-hybridized carbons (Fsp3) is 0.550. The molecule has 1 N–H and O–H groups in total. The average molecular weight is 399 g/mol. The number of piperidine rings is 1. The third-order valence-corrected chi connectivity index (χ3v) is 5.77. The van der Waals surface area contributed by atoms with E-state index in [0.29, 0.717) is 11.0 Å². The molecule has 0 amide bonds. The molecule has 4 nitrogen and oxygen atoms in total. The van der Waals surface area contributed by atoms with Gasteiger partial charge in [0.05, 0.1) is 0 Å². The van der Waals surface area contributed by atoms with E-state index >= 15 is 0 Å². The van der Waals surface area contributed by atoms with Gasteiger partial charge in [-0.2, -0.15) is 0 Å². The second-order valence-corrected chi connectivity index (χ2v) is 7.52. The Morgan fingerprint density at radius 2 is 2.08 bits per heavy atom. The van der Waals surface area contributed by atoms with Gasteiger partial charge in [0.2, 0.25) is 0 Å². The summed E-state index contributed by atoms with van der Waals surface area (Å²) in [6.07, 6.45) is 4.85. The number of fused-ring (bicyclic) bond motifs is 1. The molecule has 2 saturated heterocycles. The van der Waals surface area contributed by atoms with E-state index in [-0.39, 0.29) is 30.4 Å². The van der Waals surface area contributed by atoms with E-state index < -0.39 is 0 Å². The van der Waals surface area contributed by atoms with Gasteiger partial charge in [-0.25, -0.2) is 4.79 Å². The number of likely N-dealkylation sites (tertiary alicyclic amines) is 1. The van der Waals surface area contributed by atoms with Crippen LogP contribution in [0.2, 0.25) is 0 Å². The maximum absolute atomic E-state index is 12.0. The summed E-state index contributed by atoms with van der Waals surface area (Å²) in [5.41, 5.74) is 3.31. The van der Waals surface area contributed by atoms with Crippen LogP contribution in [-0.2, 0) is 13.0 Å². The topological polar surface area (TPSA) is 45.5 Å². The van der Waals surface area contributed by atoms with E-state index in [9.17, 15) is 4.79 Å². The van der Waals surface area contributed by atoms with Gasteiger partial charge in [-0.15, -0.1) is 24.8 Å². The lowest BCUT2D eigenvalue weighted by molar-refractivity contribution is 0.0980. The molecule has 144 valence electrons. The third kappa shape index (κ3) is 4.25. The minimum absolute atomic E-state index is 0. The number of nitrogens with one attached hydrogen (secondary N) is 1. The minimum atomic E-state index is -0.240. The number of rotatable bonds is 3. The van der Waals surface area contributed by atoms with Gasteiger partial charge in [0.1, 0.15) is 5.58 Å². The molecule has 4 rings (SSSR count). The van der Waals surface area contributed by atoms with Crippen molar-refractivity contribution in [3.8, 4) is 0 Å². The van der Waals surface area contributed by atoms with Crippen LogP contribution < -0.4 is 10.9 Å². The van der Waals surface area contributed by atoms with Crippen molar-refractivity contribution >= 4 is 35.8 Å². The Bertz CT molecular complexity index is 800. The highest BCUT2D eigenvalue weighted by molar-refractivity contribution is 5.85. The van der Waals surface area contributed by atoms with Crippen LogP contribution in [0.15, 0.2) is 33.5 Å². The van der Waals surface area contributed by atoms with Crippen LogP contribution >= 0.6 is 24.8 Å². The molecule has 6 heteroatoms. The summed E-state index contributed by atoms with van der Waals surface area (Å²) in [6.45, 7) is 7.54. The van der Waals surface area contributed by atoms with Crippen LogP contribution in [0.3, 0.4) is 0 Å². The summed E-state index contributed by atoms with van der Waals surface area (Å²) in [7, 11) is 0. The Kier molecular flexibility index (Phi) is 7.14. The molecule has 0 bridgehead atoms. The van der Waals surface area contributed by atoms with E-state index in [1.54, 1.807) is 6.07 Å². The second kappa shape index (κ2) is 8.75. The summed E-state index contributed by atoms with van der Waals surface area (Å²) in [5.74, 6) is 0. The first-order chi connectivity index (χ1) is 11.7.